The van der Waals surface area contributed by atoms with E-state index in [-0.39, 0.29) is 11.9 Å². The largest absolute Gasteiger partial charge is 0.493 e. The molecule has 0 bridgehead atoms. The molecule has 6 nitrogen and oxygen atoms in total. The summed E-state index contributed by atoms with van der Waals surface area (Å²) < 4.78 is 11.4. The number of rotatable bonds is 8. The van der Waals surface area contributed by atoms with Crippen molar-refractivity contribution in [3.8, 4) is 11.5 Å². The zero-order valence-corrected chi connectivity index (χ0v) is 21.1. The zero-order valence-electron chi connectivity index (χ0n) is 20.2. The highest BCUT2D eigenvalue weighted by atomic mass is 32.1. The molecule has 2 heterocycles. The second-order valence-corrected chi connectivity index (χ2v) is 9.40. The van der Waals surface area contributed by atoms with Gasteiger partial charge in [0.1, 0.15) is 6.61 Å². The lowest BCUT2D eigenvalue weighted by Crippen LogP contribution is -2.49. The van der Waals surface area contributed by atoms with E-state index in [0.717, 1.165) is 18.8 Å². The standard InChI is InChI=1S/C29H29N3O3S/c1-34-27-18-24(12-13-26(27)35-19-25-20-36-21-30-25)29(33)32-16-14-31(15-17-32)28(22-8-4-2-5-9-22)23-10-6-3-7-11-23/h2-13,18,20-21,28H,14-17,19H2,1H3. The van der Waals surface area contributed by atoms with E-state index < -0.39 is 0 Å². The maximum absolute atomic E-state index is 13.3. The molecule has 0 unspecified atom stereocenters. The van der Waals surface area contributed by atoms with Crippen molar-refractivity contribution in [3.05, 3.63) is 112 Å². The predicted octanol–water partition coefficient (Wildman–Crippen LogP) is 5.28. The Hall–Kier alpha value is -3.68. The first-order chi connectivity index (χ1) is 17.7. The zero-order chi connectivity index (χ0) is 24.7. The highest BCUT2D eigenvalue weighted by Crippen LogP contribution is 2.31. The molecule has 1 aliphatic heterocycles. The summed E-state index contributed by atoms with van der Waals surface area (Å²) in [4.78, 5) is 22.0. The van der Waals surface area contributed by atoms with E-state index in [9.17, 15) is 4.79 Å². The van der Waals surface area contributed by atoms with Gasteiger partial charge in [-0.05, 0) is 29.3 Å². The highest BCUT2D eigenvalue weighted by molar-refractivity contribution is 7.07. The number of aromatic nitrogens is 1. The Morgan fingerprint density at radius 1 is 0.917 bits per heavy atom. The SMILES string of the molecule is COc1cc(C(=O)N2CCN(C(c3ccccc3)c3ccccc3)CC2)ccc1OCc1cscn1. The molecule has 0 atom stereocenters. The molecule has 4 aromatic rings. The van der Waals surface area contributed by atoms with Crippen LogP contribution in [0.15, 0.2) is 89.8 Å². The Balaban J connectivity index is 1.26. The average molecular weight is 500 g/mol. The molecule has 0 aliphatic carbocycles. The lowest BCUT2D eigenvalue weighted by Gasteiger charge is -2.39. The quantitative estimate of drug-likeness (QED) is 0.330. The van der Waals surface area contributed by atoms with Crippen LogP contribution >= 0.6 is 11.3 Å². The second kappa shape index (κ2) is 11.4. The van der Waals surface area contributed by atoms with Gasteiger partial charge in [0.25, 0.3) is 5.91 Å². The van der Waals surface area contributed by atoms with Crippen LogP contribution in [-0.4, -0.2) is 54.0 Å². The monoisotopic (exact) mass is 499 g/mol. The van der Waals surface area contributed by atoms with Gasteiger partial charge < -0.3 is 14.4 Å². The fraction of sp³-hybridized carbons (Fsp3) is 0.241. The van der Waals surface area contributed by atoms with Crippen LogP contribution < -0.4 is 9.47 Å². The molecule has 0 saturated carbocycles. The Kier molecular flexibility index (Phi) is 7.59. The van der Waals surface area contributed by atoms with Crippen LogP contribution in [0.2, 0.25) is 0 Å². The number of hydrogen-bond acceptors (Lipinski definition) is 6. The van der Waals surface area contributed by atoms with Crippen molar-refractivity contribution in [1.82, 2.24) is 14.8 Å². The number of hydrogen-bond donors (Lipinski definition) is 0. The molecular formula is C29H29N3O3S. The summed E-state index contributed by atoms with van der Waals surface area (Å²) >= 11 is 1.53. The highest BCUT2D eigenvalue weighted by Gasteiger charge is 2.28. The lowest BCUT2D eigenvalue weighted by molar-refractivity contribution is 0.0597. The number of amides is 1. The third kappa shape index (κ3) is 5.42. The Morgan fingerprint density at radius 3 is 2.17 bits per heavy atom. The van der Waals surface area contributed by atoms with Gasteiger partial charge in [0.05, 0.1) is 24.4 Å². The first kappa shape index (κ1) is 24.0. The van der Waals surface area contributed by atoms with Gasteiger partial charge in [-0.1, -0.05) is 60.7 Å². The maximum atomic E-state index is 13.3. The number of nitrogens with zero attached hydrogens (tertiary/aromatic N) is 3. The van der Waals surface area contributed by atoms with Crippen molar-refractivity contribution in [3.63, 3.8) is 0 Å². The number of ether oxygens (including phenoxy) is 2. The summed E-state index contributed by atoms with van der Waals surface area (Å²) in [6.45, 7) is 3.29. The summed E-state index contributed by atoms with van der Waals surface area (Å²) in [7, 11) is 1.59. The summed E-state index contributed by atoms with van der Waals surface area (Å²) in [6.07, 6.45) is 0. The van der Waals surface area contributed by atoms with E-state index in [4.69, 9.17) is 9.47 Å². The predicted molar refractivity (Wildman–Crippen MR) is 142 cm³/mol. The summed E-state index contributed by atoms with van der Waals surface area (Å²) in [6, 6.07) is 26.7. The van der Waals surface area contributed by atoms with E-state index in [2.05, 4.69) is 58.4 Å². The molecule has 5 rings (SSSR count). The number of benzene rings is 3. The number of piperazine rings is 1. The summed E-state index contributed by atoms with van der Waals surface area (Å²) in [5.74, 6) is 1.15. The van der Waals surface area contributed by atoms with E-state index in [0.29, 0.717) is 36.8 Å². The lowest BCUT2D eigenvalue weighted by atomic mass is 9.96. The van der Waals surface area contributed by atoms with Crippen LogP contribution in [0.4, 0.5) is 0 Å². The molecule has 1 amide bonds. The number of methoxy groups -OCH3 is 1. The molecular weight excluding hydrogens is 470 g/mol. The van der Waals surface area contributed by atoms with Crippen LogP contribution in [0.1, 0.15) is 33.2 Å². The Labute approximate surface area is 215 Å². The van der Waals surface area contributed by atoms with Gasteiger partial charge in [-0.15, -0.1) is 11.3 Å². The maximum Gasteiger partial charge on any atom is 0.254 e. The van der Waals surface area contributed by atoms with E-state index in [1.54, 1.807) is 24.8 Å². The second-order valence-electron chi connectivity index (χ2n) is 8.69. The van der Waals surface area contributed by atoms with Gasteiger partial charge in [-0.25, -0.2) is 4.98 Å². The molecule has 36 heavy (non-hydrogen) atoms. The molecule has 3 aromatic carbocycles. The number of carbonyl (C=O) groups is 1. The van der Waals surface area contributed by atoms with Crippen LogP contribution in [0.5, 0.6) is 11.5 Å². The minimum atomic E-state index is 0.00923. The first-order valence-electron chi connectivity index (χ1n) is 12.0. The number of carbonyl (C=O) groups excluding carboxylic acids is 1. The van der Waals surface area contributed by atoms with Crippen molar-refractivity contribution >= 4 is 17.2 Å². The van der Waals surface area contributed by atoms with Gasteiger partial charge in [0, 0.05) is 37.1 Å². The molecule has 1 aliphatic rings. The third-order valence-electron chi connectivity index (χ3n) is 6.47. The smallest absolute Gasteiger partial charge is 0.254 e. The third-order valence-corrected chi connectivity index (χ3v) is 7.10. The van der Waals surface area contributed by atoms with Crippen LogP contribution in [-0.2, 0) is 6.61 Å². The Bertz CT molecular complexity index is 1220. The topological polar surface area (TPSA) is 54.9 Å². The molecule has 1 saturated heterocycles. The van der Waals surface area contributed by atoms with Crippen molar-refractivity contribution in [2.45, 2.75) is 12.6 Å². The van der Waals surface area contributed by atoms with Gasteiger partial charge in [0.2, 0.25) is 0 Å². The minimum absolute atomic E-state index is 0.00923. The molecule has 0 spiro atoms. The van der Waals surface area contributed by atoms with E-state index in [1.165, 1.54) is 22.5 Å². The van der Waals surface area contributed by atoms with Gasteiger partial charge in [-0.3, -0.25) is 9.69 Å². The molecule has 1 aromatic heterocycles. The van der Waals surface area contributed by atoms with Crippen molar-refractivity contribution in [2.75, 3.05) is 33.3 Å². The average Bonchev–Trinajstić information content (AvgIpc) is 3.47. The molecule has 7 heteroatoms. The summed E-state index contributed by atoms with van der Waals surface area (Å²) in [5.41, 5.74) is 5.77. The molecule has 184 valence electrons. The first-order valence-corrected chi connectivity index (χ1v) is 13.0. The minimum Gasteiger partial charge on any atom is -0.493 e. The van der Waals surface area contributed by atoms with Crippen molar-refractivity contribution in [1.29, 1.82) is 0 Å². The van der Waals surface area contributed by atoms with E-state index in [1.807, 2.05) is 28.5 Å². The van der Waals surface area contributed by atoms with Crippen LogP contribution in [0, 0.1) is 0 Å². The van der Waals surface area contributed by atoms with Crippen molar-refractivity contribution in [2.24, 2.45) is 0 Å². The molecule has 1 fully saturated rings. The normalized spacial score (nSPS) is 14.1. The van der Waals surface area contributed by atoms with Gasteiger partial charge in [-0.2, -0.15) is 0 Å². The van der Waals surface area contributed by atoms with Gasteiger partial charge in [0.15, 0.2) is 11.5 Å². The van der Waals surface area contributed by atoms with E-state index >= 15 is 0 Å². The fourth-order valence-electron chi connectivity index (χ4n) is 4.63. The molecule has 0 radical (unpaired) electrons. The van der Waals surface area contributed by atoms with Gasteiger partial charge >= 0.3 is 0 Å². The van der Waals surface area contributed by atoms with Crippen LogP contribution in [0.3, 0.4) is 0 Å². The number of thiazole rings is 1. The summed E-state index contributed by atoms with van der Waals surface area (Å²) in [5, 5.41) is 1.95. The van der Waals surface area contributed by atoms with Crippen molar-refractivity contribution < 1.29 is 14.3 Å². The van der Waals surface area contributed by atoms with Crippen LogP contribution in [0.25, 0.3) is 0 Å². The fourth-order valence-corrected chi connectivity index (χ4v) is 5.17. The Morgan fingerprint density at radius 2 is 1.58 bits per heavy atom. The molecule has 0 N–H and O–H groups in total.